The molecule has 0 saturated carbocycles. The van der Waals surface area contributed by atoms with Gasteiger partial charge in [-0.15, -0.1) is 0 Å². The van der Waals surface area contributed by atoms with Gasteiger partial charge in [0.2, 0.25) is 0 Å². The molecule has 90 valence electrons. The van der Waals surface area contributed by atoms with Gasteiger partial charge in [0.15, 0.2) is 0 Å². The normalized spacial score (nSPS) is 16.7. The van der Waals surface area contributed by atoms with Crippen molar-refractivity contribution in [3.63, 3.8) is 0 Å². The summed E-state index contributed by atoms with van der Waals surface area (Å²) in [6.07, 6.45) is -2.53. The van der Waals surface area contributed by atoms with Crippen LogP contribution in [0.4, 0.5) is 13.2 Å². The minimum Gasteiger partial charge on any atom is -0.337 e. The highest BCUT2D eigenvalue weighted by atomic mass is 19.4. The molecule has 1 aliphatic heterocycles. The van der Waals surface area contributed by atoms with Crippen LogP contribution in [-0.4, -0.2) is 43.2 Å². The Bertz CT molecular complexity index is 297. The average molecular weight is 234 g/mol. The third kappa shape index (κ3) is 4.53. The molecule has 0 aliphatic carbocycles. The summed E-state index contributed by atoms with van der Waals surface area (Å²) in [5.74, 6) is 3.28. The van der Waals surface area contributed by atoms with E-state index in [1.807, 2.05) is 0 Å². The number of nitrogens with one attached hydrogen (secondary N) is 1. The lowest BCUT2D eigenvalue weighted by atomic mass is 10.4. The van der Waals surface area contributed by atoms with Crippen molar-refractivity contribution in [1.82, 2.24) is 10.2 Å². The van der Waals surface area contributed by atoms with Crippen LogP contribution in [0, 0.1) is 11.8 Å². The van der Waals surface area contributed by atoms with Gasteiger partial charge in [-0.25, -0.2) is 0 Å². The zero-order chi connectivity index (χ0) is 12.0. The van der Waals surface area contributed by atoms with E-state index in [1.165, 1.54) is 0 Å². The van der Waals surface area contributed by atoms with Crippen LogP contribution in [0.25, 0.3) is 0 Å². The summed E-state index contributed by atoms with van der Waals surface area (Å²) in [6, 6.07) is 0. The SMILES string of the molecule is O=C(NCC#CCN1CCCC1)C(F)(F)F. The number of nitrogens with zero attached hydrogens (tertiary/aromatic N) is 1. The predicted molar refractivity (Wildman–Crippen MR) is 52.5 cm³/mol. The van der Waals surface area contributed by atoms with Gasteiger partial charge in [0.25, 0.3) is 0 Å². The predicted octanol–water partition coefficient (Wildman–Crippen LogP) is 0.764. The summed E-state index contributed by atoms with van der Waals surface area (Å²) in [4.78, 5) is 12.5. The lowest BCUT2D eigenvalue weighted by Crippen LogP contribution is -2.36. The zero-order valence-corrected chi connectivity index (χ0v) is 8.73. The molecule has 3 nitrogen and oxygen atoms in total. The van der Waals surface area contributed by atoms with Crippen molar-refractivity contribution >= 4 is 5.91 Å². The van der Waals surface area contributed by atoms with Gasteiger partial charge < -0.3 is 5.32 Å². The topological polar surface area (TPSA) is 32.3 Å². The molecule has 0 atom stereocenters. The van der Waals surface area contributed by atoms with Gasteiger partial charge in [-0.05, 0) is 25.9 Å². The van der Waals surface area contributed by atoms with Gasteiger partial charge in [-0.3, -0.25) is 9.69 Å². The van der Waals surface area contributed by atoms with Gasteiger partial charge >= 0.3 is 12.1 Å². The first-order chi connectivity index (χ1) is 7.50. The summed E-state index contributed by atoms with van der Waals surface area (Å²) >= 11 is 0. The van der Waals surface area contributed by atoms with Crippen LogP contribution in [0.2, 0.25) is 0 Å². The molecule has 0 radical (unpaired) electrons. The number of hydrogen-bond donors (Lipinski definition) is 1. The molecule has 0 unspecified atom stereocenters. The highest BCUT2D eigenvalue weighted by Gasteiger charge is 2.38. The number of carbonyl (C=O) groups is 1. The average Bonchev–Trinajstić information content (AvgIpc) is 2.68. The van der Waals surface area contributed by atoms with E-state index in [1.54, 1.807) is 5.32 Å². The molecule has 0 spiro atoms. The van der Waals surface area contributed by atoms with Crippen molar-refractivity contribution in [2.45, 2.75) is 19.0 Å². The lowest BCUT2D eigenvalue weighted by Gasteiger charge is -2.08. The Morgan fingerprint density at radius 1 is 1.25 bits per heavy atom. The Hall–Kier alpha value is -1.22. The van der Waals surface area contributed by atoms with Crippen LogP contribution in [0.3, 0.4) is 0 Å². The Kier molecular flexibility index (Phi) is 4.62. The van der Waals surface area contributed by atoms with Crippen LogP contribution in [-0.2, 0) is 4.79 Å². The molecule has 1 heterocycles. The number of hydrogen-bond acceptors (Lipinski definition) is 2. The van der Waals surface area contributed by atoms with E-state index < -0.39 is 12.1 Å². The molecular weight excluding hydrogens is 221 g/mol. The zero-order valence-electron chi connectivity index (χ0n) is 8.73. The van der Waals surface area contributed by atoms with Gasteiger partial charge in [-0.1, -0.05) is 11.8 Å². The minimum absolute atomic E-state index is 0.258. The smallest absolute Gasteiger partial charge is 0.337 e. The Morgan fingerprint density at radius 3 is 2.44 bits per heavy atom. The number of likely N-dealkylation sites (tertiary alicyclic amines) is 1. The molecule has 1 saturated heterocycles. The molecule has 0 bridgehead atoms. The van der Waals surface area contributed by atoms with Crippen LogP contribution < -0.4 is 5.32 Å². The first kappa shape index (κ1) is 12.8. The fourth-order valence-corrected chi connectivity index (χ4v) is 1.40. The second kappa shape index (κ2) is 5.75. The Morgan fingerprint density at radius 2 is 1.88 bits per heavy atom. The molecule has 1 rings (SSSR count). The van der Waals surface area contributed by atoms with E-state index in [-0.39, 0.29) is 6.54 Å². The minimum atomic E-state index is -4.82. The number of rotatable bonds is 2. The number of amides is 1. The lowest BCUT2D eigenvalue weighted by molar-refractivity contribution is -0.173. The monoisotopic (exact) mass is 234 g/mol. The molecule has 6 heteroatoms. The van der Waals surface area contributed by atoms with Crippen molar-refractivity contribution in [3.8, 4) is 11.8 Å². The standard InChI is InChI=1S/C10H13F3N2O/c11-10(12,13)9(16)14-5-1-2-6-15-7-3-4-8-15/h3-8H2,(H,14,16). The maximum absolute atomic E-state index is 11.7. The van der Waals surface area contributed by atoms with E-state index in [2.05, 4.69) is 16.7 Å². The molecule has 16 heavy (non-hydrogen) atoms. The molecule has 0 aromatic carbocycles. The molecule has 0 aromatic heterocycles. The van der Waals surface area contributed by atoms with Crippen LogP contribution in [0.15, 0.2) is 0 Å². The number of alkyl halides is 3. The number of carbonyl (C=O) groups excluding carboxylic acids is 1. The highest BCUT2D eigenvalue weighted by Crippen LogP contribution is 2.13. The van der Waals surface area contributed by atoms with E-state index in [4.69, 9.17) is 0 Å². The maximum Gasteiger partial charge on any atom is 0.471 e. The third-order valence-electron chi connectivity index (χ3n) is 2.22. The van der Waals surface area contributed by atoms with Crippen molar-refractivity contribution in [1.29, 1.82) is 0 Å². The van der Waals surface area contributed by atoms with Gasteiger partial charge in [0, 0.05) is 0 Å². The summed E-state index contributed by atoms with van der Waals surface area (Å²) in [5, 5.41) is 1.69. The van der Waals surface area contributed by atoms with Crippen molar-refractivity contribution in [2.24, 2.45) is 0 Å². The van der Waals surface area contributed by atoms with Crippen LogP contribution in [0.1, 0.15) is 12.8 Å². The van der Waals surface area contributed by atoms with Gasteiger partial charge in [0.1, 0.15) is 0 Å². The first-order valence-corrected chi connectivity index (χ1v) is 5.03. The second-order valence-corrected chi connectivity index (χ2v) is 3.52. The molecule has 0 aromatic rings. The van der Waals surface area contributed by atoms with E-state index in [0.29, 0.717) is 6.54 Å². The van der Waals surface area contributed by atoms with Crippen LogP contribution in [0.5, 0.6) is 0 Å². The van der Waals surface area contributed by atoms with E-state index in [0.717, 1.165) is 25.9 Å². The quantitative estimate of drug-likeness (QED) is 0.715. The van der Waals surface area contributed by atoms with Gasteiger partial charge in [-0.2, -0.15) is 13.2 Å². The third-order valence-corrected chi connectivity index (χ3v) is 2.22. The first-order valence-electron chi connectivity index (χ1n) is 5.03. The molecule has 1 aliphatic rings. The van der Waals surface area contributed by atoms with E-state index >= 15 is 0 Å². The molecular formula is C10H13F3N2O. The second-order valence-electron chi connectivity index (χ2n) is 3.52. The maximum atomic E-state index is 11.7. The summed E-state index contributed by atoms with van der Waals surface area (Å²) in [7, 11) is 0. The summed E-state index contributed by atoms with van der Waals surface area (Å²) < 4.78 is 35.2. The summed E-state index contributed by atoms with van der Waals surface area (Å²) in [5.41, 5.74) is 0. The van der Waals surface area contributed by atoms with Gasteiger partial charge in [0.05, 0.1) is 13.1 Å². The van der Waals surface area contributed by atoms with Crippen molar-refractivity contribution in [3.05, 3.63) is 0 Å². The van der Waals surface area contributed by atoms with Crippen molar-refractivity contribution < 1.29 is 18.0 Å². The van der Waals surface area contributed by atoms with E-state index in [9.17, 15) is 18.0 Å². The largest absolute Gasteiger partial charge is 0.471 e. The molecule has 1 amide bonds. The fraction of sp³-hybridized carbons (Fsp3) is 0.700. The highest BCUT2D eigenvalue weighted by molar-refractivity contribution is 5.81. The number of halogens is 3. The molecule has 1 N–H and O–H groups in total. The summed E-state index contributed by atoms with van der Waals surface area (Å²) in [6.45, 7) is 2.28. The Labute approximate surface area is 92.0 Å². The molecule has 1 fully saturated rings. The fourth-order valence-electron chi connectivity index (χ4n) is 1.40. The van der Waals surface area contributed by atoms with Crippen LogP contribution >= 0.6 is 0 Å². The van der Waals surface area contributed by atoms with Crippen molar-refractivity contribution in [2.75, 3.05) is 26.2 Å². The Balaban J connectivity index is 2.15.